The van der Waals surface area contributed by atoms with E-state index >= 15 is 0 Å². The van der Waals surface area contributed by atoms with Gasteiger partial charge in [0.1, 0.15) is 18.3 Å². The van der Waals surface area contributed by atoms with Gasteiger partial charge in [0.25, 0.3) is 5.91 Å². The number of hydrogen-bond donors (Lipinski definition) is 1. The highest BCUT2D eigenvalue weighted by Gasteiger charge is 2.32. The van der Waals surface area contributed by atoms with Gasteiger partial charge in [0.05, 0.1) is 13.7 Å². The molecule has 1 aliphatic rings. The maximum absolute atomic E-state index is 12.7. The van der Waals surface area contributed by atoms with Crippen molar-refractivity contribution in [3.63, 3.8) is 0 Å². The second-order valence-corrected chi connectivity index (χ2v) is 7.13. The summed E-state index contributed by atoms with van der Waals surface area (Å²) >= 11 is 6.00. The standard InChI is InChI=1S/C21H21ClN2O5/c1-28-21(27)16(19(23)25)8-9-24-11-17-15(20(24)26)6-3-7-18(17)29-12-13-4-2-5-14(22)10-13/h2-7,10,16H,8-9,11-12H2,1H3,(H2,23,25). The molecule has 1 heterocycles. The normalized spacial score (nSPS) is 13.7. The lowest BCUT2D eigenvalue weighted by Gasteiger charge is -2.18. The summed E-state index contributed by atoms with van der Waals surface area (Å²) in [6.07, 6.45) is 0.0977. The van der Waals surface area contributed by atoms with Crippen molar-refractivity contribution in [1.29, 1.82) is 0 Å². The van der Waals surface area contributed by atoms with Crippen molar-refractivity contribution in [2.75, 3.05) is 13.7 Å². The van der Waals surface area contributed by atoms with Gasteiger partial charge >= 0.3 is 5.97 Å². The Kier molecular flexibility index (Phi) is 6.39. The molecular weight excluding hydrogens is 396 g/mol. The third-order valence-corrected chi connectivity index (χ3v) is 5.03. The maximum atomic E-state index is 12.7. The topological polar surface area (TPSA) is 98.9 Å². The quantitative estimate of drug-likeness (QED) is 0.526. The molecule has 2 N–H and O–H groups in total. The third-order valence-electron chi connectivity index (χ3n) is 4.80. The average molecular weight is 417 g/mol. The number of halogens is 1. The number of benzene rings is 2. The monoisotopic (exact) mass is 416 g/mol. The maximum Gasteiger partial charge on any atom is 0.318 e. The molecule has 2 amide bonds. The fourth-order valence-corrected chi connectivity index (χ4v) is 3.48. The molecule has 0 aromatic heterocycles. The van der Waals surface area contributed by atoms with Gasteiger partial charge in [-0.15, -0.1) is 0 Å². The molecule has 2 aromatic carbocycles. The lowest BCUT2D eigenvalue weighted by Crippen LogP contribution is -2.35. The van der Waals surface area contributed by atoms with Crippen LogP contribution >= 0.6 is 11.6 Å². The Balaban J connectivity index is 1.69. The predicted molar refractivity (Wildman–Crippen MR) is 106 cm³/mol. The van der Waals surface area contributed by atoms with E-state index < -0.39 is 17.8 Å². The highest BCUT2D eigenvalue weighted by molar-refractivity contribution is 6.30. The van der Waals surface area contributed by atoms with Crippen LogP contribution in [0, 0.1) is 5.92 Å². The third kappa shape index (κ3) is 4.68. The molecule has 3 rings (SSSR count). The van der Waals surface area contributed by atoms with E-state index in [1.54, 1.807) is 29.2 Å². The highest BCUT2D eigenvalue weighted by atomic mass is 35.5. The average Bonchev–Trinajstić information content (AvgIpc) is 3.02. The van der Waals surface area contributed by atoms with E-state index in [-0.39, 0.29) is 18.9 Å². The van der Waals surface area contributed by atoms with Crippen molar-refractivity contribution < 1.29 is 23.9 Å². The Morgan fingerprint density at radius 3 is 2.69 bits per heavy atom. The smallest absolute Gasteiger partial charge is 0.318 e. The number of nitrogens with zero attached hydrogens (tertiary/aromatic N) is 1. The van der Waals surface area contributed by atoms with Gasteiger partial charge in [0.15, 0.2) is 0 Å². The number of carbonyl (C=O) groups excluding carboxylic acids is 3. The number of ether oxygens (including phenoxy) is 2. The summed E-state index contributed by atoms with van der Waals surface area (Å²) in [5.41, 5.74) is 7.50. The lowest BCUT2D eigenvalue weighted by atomic mass is 10.1. The van der Waals surface area contributed by atoms with Gasteiger partial charge in [-0.05, 0) is 36.2 Å². The summed E-state index contributed by atoms with van der Waals surface area (Å²) in [5.74, 6) is -2.13. The summed E-state index contributed by atoms with van der Waals surface area (Å²) in [5, 5.41) is 0.625. The molecule has 1 aliphatic heterocycles. The lowest BCUT2D eigenvalue weighted by molar-refractivity contribution is -0.149. The minimum atomic E-state index is -1.09. The number of hydrogen-bond acceptors (Lipinski definition) is 5. The molecule has 1 atom stereocenters. The van der Waals surface area contributed by atoms with Crippen LogP contribution in [0.4, 0.5) is 0 Å². The molecule has 152 valence electrons. The van der Waals surface area contributed by atoms with Crippen molar-refractivity contribution in [3.8, 4) is 5.75 Å². The fourth-order valence-electron chi connectivity index (χ4n) is 3.27. The number of primary amides is 1. The van der Waals surface area contributed by atoms with Gasteiger partial charge in [-0.25, -0.2) is 0 Å². The van der Waals surface area contributed by atoms with Crippen LogP contribution in [-0.2, 0) is 27.5 Å². The van der Waals surface area contributed by atoms with Gasteiger partial charge in [0.2, 0.25) is 5.91 Å². The Morgan fingerprint density at radius 2 is 2.00 bits per heavy atom. The predicted octanol–water partition coefficient (Wildman–Crippen LogP) is 2.54. The van der Waals surface area contributed by atoms with E-state index in [1.165, 1.54) is 7.11 Å². The van der Waals surface area contributed by atoms with E-state index in [0.717, 1.165) is 11.1 Å². The van der Waals surface area contributed by atoms with Crippen LogP contribution in [-0.4, -0.2) is 36.3 Å². The van der Waals surface area contributed by atoms with Gasteiger partial charge in [-0.1, -0.05) is 29.8 Å². The van der Waals surface area contributed by atoms with Crippen molar-refractivity contribution in [2.45, 2.75) is 19.6 Å². The molecule has 0 fully saturated rings. The molecule has 29 heavy (non-hydrogen) atoms. The van der Waals surface area contributed by atoms with E-state index in [1.807, 2.05) is 18.2 Å². The molecule has 8 heteroatoms. The van der Waals surface area contributed by atoms with E-state index in [9.17, 15) is 14.4 Å². The van der Waals surface area contributed by atoms with Crippen LogP contribution < -0.4 is 10.5 Å². The molecule has 0 saturated carbocycles. The molecule has 0 spiro atoms. The first kappa shape index (κ1) is 20.7. The zero-order valence-electron chi connectivity index (χ0n) is 15.9. The van der Waals surface area contributed by atoms with Crippen molar-refractivity contribution in [3.05, 3.63) is 64.2 Å². The van der Waals surface area contributed by atoms with Crippen LogP contribution in [0.5, 0.6) is 5.75 Å². The molecule has 2 aromatic rings. The molecule has 0 bridgehead atoms. The number of carbonyl (C=O) groups is 3. The molecule has 7 nitrogen and oxygen atoms in total. The van der Waals surface area contributed by atoms with Crippen LogP contribution in [0.2, 0.25) is 5.02 Å². The minimum absolute atomic E-state index is 0.0977. The Hall–Kier alpha value is -3.06. The van der Waals surface area contributed by atoms with E-state index in [4.69, 9.17) is 22.1 Å². The van der Waals surface area contributed by atoms with E-state index in [2.05, 4.69) is 4.74 Å². The van der Waals surface area contributed by atoms with Gasteiger partial charge < -0.3 is 20.1 Å². The SMILES string of the molecule is COC(=O)C(CCN1Cc2c(OCc3cccc(Cl)c3)cccc2C1=O)C(N)=O. The number of fused-ring (bicyclic) bond motifs is 1. The first-order valence-electron chi connectivity index (χ1n) is 9.06. The second kappa shape index (κ2) is 8.96. The Bertz CT molecular complexity index is 946. The van der Waals surface area contributed by atoms with Gasteiger partial charge in [-0.2, -0.15) is 0 Å². The fraction of sp³-hybridized carbons (Fsp3) is 0.286. The number of esters is 1. The Labute approximate surface area is 173 Å². The summed E-state index contributed by atoms with van der Waals surface area (Å²) in [6.45, 7) is 0.841. The number of amides is 2. The van der Waals surface area contributed by atoms with Crippen LogP contribution in [0.1, 0.15) is 27.9 Å². The first-order chi connectivity index (χ1) is 13.9. The van der Waals surface area contributed by atoms with E-state index in [0.29, 0.717) is 29.5 Å². The van der Waals surface area contributed by atoms with Crippen LogP contribution in [0.3, 0.4) is 0 Å². The van der Waals surface area contributed by atoms with Gasteiger partial charge in [-0.3, -0.25) is 14.4 Å². The van der Waals surface area contributed by atoms with Crippen molar-refractivity contribution in [2.24, 2.45) is 11.7 Å². The van der Waals surface area contributed by atoms with Crippen LogP contribution in [0.25, 0.3) is 0 Å². The summed E-state index contributed by atoms with van der Waals surface area (Å²) in [4.78, 5) is 37.5. The first-order valence-corrected chi connectivity index (χ1v) is 9.44. The minimum Gasteiger partial charge on any atom is -0.489 e. The van der Waals surface area contributed by atoms with Crippen molar-refractivity contribution >= 4 is 29.4 Å². The number of nitrogens with two attached hydrogens (primary N) is 1. The molecule has 0 aliphatic carbocycles. The summed E-state index contributed by atoms with van der Waals surface area (Å²) in [7, 11) is 1.19. The summed E-state index contributed by atoms with van der Waals surface area (Å²) < 4.78 is 10.5. The number of methoxy groups -OCH3 is 1. The highest BCUT2D eigenvalue weighted by Crippen LogP contribution is 2.32. The molecule has 0 saturated heterocycles. The largest absolute Gasteiger partial charge is 0.489 e. The zero-order chi connectivity index (χ0) is 21.0. The van der Waals surface area contributed by atoms with Gasteiger partial charge in [0, 0.05) is 22.7 Å². The molecule has 1 unspecified atom stereocenters. The molecular formula is C21H21ClN2O5. The zero-order valence-corrected chi connectivity index (χ0v) is 16.6. The van der Waals surface area contributed by atoms with Crippen molar-refractivity contribution in [1.82, 2.24) is 4.90 Å². The molecule has 0 radical (unpaired) electrons. The van der Waals surface area contributed by atoms with Crippen LogP contribution in [0.15, 0.2) is 42.5 Å². The number of rotatable bonds is 8. The Morgan fingerprint density at radius 1 is 1.24 bits per heavy atom. The summed E-state index contributed by atoms with van der Waals surface area (Å²) in [6, 6.07) is 12.7. The second-order valence-electron chi connectivity index (χ2n) is 6.69.